The molecule has 0 bridgehead atoms. The summed E-state index contributed by atoms with van der Waals surface area (Å²) < 4.78 is 0.837. The third kappa shape index (κ3) is 3.78. The predicted molar refractivity (Wildman–Crippen MR) is 108 cm³/mol. The van der Waals surface area contributed by atoms with Crippen molar-refractivity contribution in [2.45, 2.75) is 54.7 Å². The van der Waals surface area contributed by atoms with Gasteiger partial charge in [0.05, 0.1) is 5.25 Å². The summed E-state index contributed by atoms with van der Waals surface area (Å²) in [5.41, 5.74) is 1.73. The third-order valence-electron chi connectivity index (χ3n) is 4.84. The summed E-state index contributed by atoms with van der Waals surface area (Å²) in [5, 5.41) is 13.6. The summed E-state index contributed by atoms with van der Waals surface area (Å²) >= 11 is 3.03. The quantitative estimate of drug-likeness (QED) is 0.454. The Morgan fingerprint density at radius 3 is 2.92 bits per heavy atom. The molecular weight excluding hydrogens is 364 g/mol. The molecule has 1 saturated carbocycles. The van der Waals surface area contributed by atoms with Crippen LogP contribution in [0.5, 0.6) is 0 Å². The lowest BCUT2D eigenvalue weighted by molar-refractivity contribution is 0.0995. The molecule has 2 aromatic heterocycles. The van der Waals surface area contributed by atoms with Gasteiger partial charge in [-0.25, -0.2) is 0 Å². The van der Waals surface area contributed by atoms with Gasteiger partial charge >= 0.3 is 0 Å². The molecule has 0 amide bonds. The Morgan fingerprint density at radius 2 is 2.08 bits per heavy atom. The second-order valence-electron chi connectivity index (χ2n) is 6.72. The summed E-state index contributed by atoms with van der Waals surface area (Å²) in [6.45, 7) is 1.93. The van der Waals surface area contributed by atoms with Crippen molar-refractivity contribution in [2.24, 2.45) is 0 Å². The normalized spacial score (nSPS) is 16.7. The number of fused-ring (bicyclic) bond motifs is 1. The van der Waals surface area contributed by atoms with Crippen LogP contribution in [0, 0.1) is 0 Å². The second kappa shape index (κ2) is 7.80. The zero-order valence-electron chi connectivity index (χ0n) is 14.7. The molecule has 0 unspecified atom stereocenters. The number of aromatic amines is 1. The van der Waals surface area contributed by atoms with Gasteiger partial charge in [0.25, 0.3) is 0 Å². The van der Waals surface area contributed by atoms with Crippen molar-refractivity contribution in [1.29, 1.82) is 0 Å². The minimum absolute atomic E-state index is 0.115. The molecular formula is C19H22N4OS2. The van der Waals surface area contributed by atoms with Gasteiger partial charge in [0.2, 0.25) is 5.13 Å². The molecule has 7 heteroatoms. The van der Waals surface area contributed by atoms with Crippen LogP contribution >= 0.6 is 23.1 Å². The van der Waals surface area contributed by atoms with E-state index < -0.39 is 0 Å². The highest BCUT2D eigenvalue weighted by Gasteiger charge is 2.22. The zero-order chi connectivity index (χ0) is 17.9. The Bertz CT molecular complexity index is 898. The van der Waals surface area contributed by atoms with Crippen LogP contribution in [0.1, 0.15) is 49.4 Å². The highest BCUT2D eigenvalue weighted by Crippen LogP contribution is 2.32. The fourth-order valence-electron chi connectivity index (χ4n) is 3.44. The van der Waals surface area contributed by atoms with Crippen molar-refractivity contribution in [3.8, 4) is 0 Å². The Labute approximate surface area is 161 Å². The highest BCUT2D eigenvalue weighted by molar-refractivity contribution is 8.02. The number of rotatable bonds is 6. The van der Waals surface area contributed by atoms with E-state index >= 15 is 0 Å². The first-order valence-electron chi connectivity index (χ1n) is 9.08. The van der Waals surface area contributed by atoms with E-state index in [1.165, 1.54) is 43.9 Å². The van der Waals surface area contributed by atoms with Crippen LogP contribution in [0.15, 0.2) is 34.8 Å². The highest BCUT2D eigenvalue weighted by atomic mass is 32.2. The summed E-state index contributed by atoms with van der Waals surface area (Å²) in [5.74, 6) is 0.115. The maximum atomic E-state index is 12.8. The molecule has 5 nitrogen and oxygen atoms in total. The first-order chi connectivity index (χ1) is 12.7. The predicted octanol–water partition coefficient (Wildman–Crippen LogP) is 5.13. The third-order valence-corrected chi connectivity index (χ3v) is 6.88. The molecule has 1 aliphatic carbocycles. The van der Waals surface area contributed by atoms with Crippen molar-refractivity contribution < 1.29 is 4.79 Å². The Morgan fingerprint density at radius 1 is 1.27 bits per heavy atom. The van der Waals surface area contributed by atoms with Crippen LogP contribution in [0.3, 0.4) is 0 Å². The van der Waals surface area contributed by atoms with Crippen LogP contribution in [0.4, 0.5) is 5.13 Å². The Kier molecular flexibility index (Phi) is 5.26. The van der Waals surface area contributed by atoms with Gasteiger partial charge in [-0.1, -0.05) is 60.6 Å². The van der Waals surface area contributed by atoms with Gasteiger partial charge in [-0.05, 0) is 25.8 Å². The molecule has 0 spiro atoms. The molecule has 1 aromatic carbocycles. The lowest BCUT2D eigenvalue weighted by Gasteiger charge is -2.21. The number of para-hydroxylation sites is 1. The van der Waals surface area contributed by atoms with Gasteiger partial charge in [0.15, 0.2) is 10.1 Å². The number of ketones is 1. The van der Waals surface area contributed by atoms with Gasteiger partial charge < -0.3 is 10.3 Å². The fourth-order valence-corrected chi connectivity index (χ4v) is 5.48. The van der Waals surface area contributed by atoms with Crippen LogP contribution in [0.25, 0.3) is 10.9 Å². The van der Waals surface area contributed by atoms with Gasteiger partial charge in [0.1, 0.15) is 0 Å². The maximum Gasteiger partial charge on any atom is 0.206 e. The van der Waals surface area contributed by atoms with Crippen molar-refractivity contribution in [3.05, 3.63) is 36.0 Å². The number of hydrogen-bond acceptors (Lipinski definition) is 6. The van der Waals surface area contributed by atoms with Crippen molar-refractivity contribution in [3.63, 3.8) is 0 Å². The number of anilines is 1. The second-order valence-corrected chi connectivity index (χ2v) is 9.29. The lowest BCUT2D eigenvalue weighted by atomic mass is 9.96. The van der Waals surface area contributed by atoms with E-state index in [-0.39, 0.29) is 11.0 Å². The summed E-state index contributed by atoms with van der Waals surface area (Å²) in [7, 11) is 0. The molecule has 2 heterocycles. The minimum atomic E-state index is -0.204. The van der Waals surface area contributed by atoms with Gasteiger partial charge in [-0.15, -0.1) is 10.2 Å². The van der Waals surface area contributed by atoms with Crippen molar-refractivity contribution in [2.75, 3.05) is 5.32 Å². The molecule has 1 aliphatic rings. The summed E-state index contributed by atoms with van der Waals surface area (Å²) in [4.78, 5) is 16.0. The average molecular weight is 387 g/mol. The zero-order valence-corrected chi connectivity index (χ0v) is 16.3. The van der Waals surface area contributed by atoms with Crippen LogP contribution < -0.4 is 5.32 Å². The molecule has 1 atom stereocenters. The number of nitrogens with one attached hydrogen (secondary N) is 2. The van der Waals surface area contributed by atoms with E-state index in [1.807, 2.05) is 31.2 Å². The molecule has 0 aliphatic heterocycles. The number of H-pyrrole nitrogens is 1. The number of benzene rings is 1. The van der Waals surface area contributed by atoms with Crippen molar-refractivity contribution >= 4 is 44.9 Å². The smallest absolute Gasteiger partial charge is 0.206 e. The molecule has 0 radical (unpaired) electrons. The SMILES string of the molecule is C[C@@H](Sc1nnc(NC2CCCCC2)s1)C(=O)c1c[nH]c2ccccc12. The van der Waals surface area contributed by atoms with E-state index in [2.05, 4.69) is 20.5 Å². The fraction of sp³-hybridized carbons (Fsp3) is 0.421. The molecule has 2 N–H and O–H groups in total. The van der Waals surface area contributed by atoms with Crippen LogP contribution in [0.2, 0.25) is 0 Å². The molecule has 26 heavy (non-hydrogen) atoms. The summed E-state index contributed by atoms with van der Waals surface area (Å²) in [6, 6.07) is 8.40. The van der Waals surface area contributed by atoms with Crippen molar-refractivity contribution in [1.82, 2.24) is 15.2 Å². The largest absolute Gasteiger partial charge is 0.360 e. The van der Waals surface area contributed by atoms with Crippen LogP contribution in [-0.4, -0.2) is 32.3 Å². The van der Waals surface area contributed by atoms with E-state index in [4.69, 9.17) is 0 Å². The van der Waals surface area contributed by atoms with E-state index in [1.54, 1.807) is 17.5 Å². The number of carbonyl (C=O) groups excluding carboxylic acids is 1. The van der Waals surface area contributed by atoms with Gasteiger partial charge in [-0.2, -0.15) is 0 Å². The van der Waals surface area contributed by atoms with E-state index in [0.29, 0.717) is 6.04 Å². The van der Waals surface area contributed by atoms with E-state index in [0.717, 1.165) is 25.9 Å². The van der Waals surface area contributed by atoms with Crippen LogP contribution in [-0.2, 0) is 0 Å². The van der Waals surface area contributed by atoms with Gasteiger partial charge in [-0.3, -0.25) is 4.79 Å². The topological polar surface area (TPSA) is 70.7 Å². The molecule has 1 fully saturated rings. The number of Topliss-reactive ketones (excluding diaryl/α,β-unsaturated/α-hetero) is 1. The number of carbonyl (C=O) groups is 1. The standard InChI is InChI=1S/C19H22N4OS2/c1-12(17(24)15-11-20-16-10-6-5-9-14(15)16)25-19-23-22-18(26-19)21-13-7-3-2-4-8-13/h5-6,9-13,20H,2-4,7-8H2,1H3,(H,21,22)/t12-/m1/s1. The molecule has 136 valence electrons. The molecule has 0 saturated heterocycles. The first kappa shape index (κ1) is 17.5. The lowest BCUT2D eigenvalue weighted by Crippen LogP contribution is -2.21. The molecule has 4 rings (SSSR count). The number of aromatic nitrogens is 3. The monoisotopic (exact) mass is 386 g/mol. The Balaban J connectivity index is 1.41. The number of thioether (sulfide) groups is 1. The maximum absolute atomic E-state index is 12.8. The Hall–Kier alpha value is -1.86. The van der Waals surface area contributed by atoms with E-state index in [9.17, 15) is 4.79 Å². The first-order valence-corrected chi connectivity index (χ1v) is 10.8. The van der Waals surface area contributed by atoms with Gasteiger partial charge in [0, 0.05) is 28.7 Å². The number of nitrogens with zero attached hydrogens (tertiary/aromatic N) is 2. The molecule has 3 aromatic rings. The summed E-state index contributed by atoms with van der Waals surface area (Å²) in [6.07, 6.45) is 8.13. The minimum Gasteiger partial charge on any atom is -0.360 e. The number of hydrogen-bond donors (Lipinski definition) is 2. The average Bonchev–Trinajstić information content (AvgIpc) is 3.29.